The molecule has 10 rings (SSSR count). The summed E-state index contributed by atoms with van der Waals surface area (Å²) in [6.07, 6.45) is 13.4. The van der Waals surface area contributed by atoms with Crippen LogP contribution in [-0.4, -0.2) is 30.1 Å². The van der Waals surface area contributed by atoms with Crippen molar-refractivity contribution >= 4 is 60.3 Å². The van der Waals surface area contributed by atoms with Crippen molar-refractivity contribution in [2.75, 3.05) is 24.7 Å². The first-order chi connectivity index (χ1) is 31.9. The molecule has 7 aromatic rings. The van der Waals surface area contributed by atoms with Crippen molar-refractivity contribution in [2.24, 2.45) is 0 Å². The number of likely N-dealkylation sites (N-methyl/N-ethyl adjacent to an activating group) is 1. The molecule has 0 saturated carbocycles. The van der Waals surface area contributed by atoms with Crippen LogP contribution in [0.25, 0.3) is 21.5 Å². The van der Waals surface area contributed by atoms with Crippen LogP contribution in [0.5, 0.6) is 0 Å². The van der Waals surface area contributed by atoms with Gasteiger partial charge in [0.2, 0.25) is 5.69 Å². The Bertz CT molecular complexity index is 3110. The molecular weight excluding hydrogens is 840 g/mol. The lowest BCUT2D eigenvalue weighted by Crippen LogP contribution is -2.27. The Balaban J connectivity index is 1.06. The zero-order valence-electron chi connectivity index (χ0n) is 39.6. The van der Waals surface area contributed by atoms with Gasteiger partial charge < -0.3 is 4.90 Å². The fourth-order valence-corrected chi connectivity index (χ4v) is 16.0. The van der Waals surface area contributed by atoms with Gasteiger partial charge in [0.25, 0.3) is 0 Å². The van der Waals surface area contributed by atoms with Gasteiger partial charge in [-0.25, -0.2) is 0 Å². The number of fused-ring (bicyclic) bond motifs is 6. The van der Waals surface area contributed by atoms with Crippen LogP contribution in [0.2, 0.25) is 0 Å². The number of unbranched alkanes of at least 4 members (excludes halogenated alkanes) is 1. The molecule has 2 nitrogen and oxygen atoms in total. The highest BCUT2D eigenvalue weighted by atomic mass is 35.5. The minimum absolute atomic E-state index is 0.191. The number of nitrogens with zero attached hydrogens (tertiary/aromatic N) is 2. The minimum atomic E-state index is -1.49. The summed E-state index contributed by atoms with van der Waals surface area (Å²) in [5, 5.41) is 6.07. The van der Waals surface area contributed by atoms with Crippen molar-refractivity contribution in [1.29, 1.82) is 0 Å². The largest absolute Gasteiger partial charge is 0.347 e. The van der Waals surface area contributed by atoms with Gasteiger partial charge in [-0.1, -0.05) is 154 Å². The Morgan fingerprint density at radius 1 is 0.636 bits per heavy atom. The van der Waals surface area contributed by atoms with E-state index in [0.717, 1.165) is 30.0 Å². The van der Waals surface area contributed by atoms with Crippen molar-refractivity contribution in [1.82, 2.24) is 0 Å². The maximum Gasteiger partial charge on any atom is 0.210 e. The molecule has 0 N–H and O–H groups in total. The molecule has 0 radical (unpaired) electrons. The first-order valence-electron chi connectivity index (χ1n) is 23.8. The van der Waals surface area contributed by atoms with Gasteiger partial charge in [0.05, 0.1) is 5.41 Å². The van der Waals surface area contributed by atoms with E-state index in [0.29, 0.717) is 0 Å². The molecule has 4 heteroatoms. The summed E-state index contributed by atoms with van der Waals surface area (Å²) in [7, 11) is 2.95. The van der Waals surface area contributed by atoms with Crippen LogP contribution in [0.15, 0.2) is 219 Å². The summed E-state index contributed by atoms with van der Waals surface area (Å²) < 4.78 is 2.39. The maximum atomic E-state index is 7.69. The van der Waals surface area contributed by atoms with Gasteiger partial charge in [-0.3, -0.25) is 0 Å². The fraction of sp³-hybridized carbons (Fsp3) is 0.242. The Morgan fingerprint density at radius 2 is 1.21 bits per heavy atom. The predicted octanol–water partition coefficient (Wildman–Crippen LogP) is 16.9. The molecular formula is C62H62ClN2S+. The molecule has 1 atom stereocenters. The molecule has 0 fully saturated rings. The third-order valence-corrected chi connectivity index (χ3v) is 19.6. The van der Waals surface area contributed by atoms with E-state index in [1.54, 1.807) is 0 Å². The molecule has 0 aromatic heterocycles. The van der Waals surface area contributed by atoms with E-state index in [1.807, 2.05) is 0 Å². The topological polar surface area (TPSA) is 6.25 Å². The van der Waals surface area contributed by atoms with E-state index in [2.05, 4.69) is 240 Å². The van der Waals surface area contributed by atoms with E-state index >= 15 is 0 Å². The highest BCUT2D eigenvalue weighted by Crippen LogP contribution is 2.68. The number of hydrogen-bond donors (Lipinski definition) is 0. The summed E-state index contributed by atoms with van der Waals surface area (Å²) >= 11 is 7.69. The first kappa shape index (κ1) is 44.0. The van der Waals surface area contributed by atoms with Crippen molar-refractivity contribution in [2.45, 2.75) is 91.7 Å². The maximum absolute atomic E-state index is 7.69. The smallest absolute Gasteiger partial charge is 0.210 e. The SMILES string of the molecule is CCCCS(c1ccccc1)(c1ccccc1)c1ccc(C2CC(/C=C/C3=[N+](C)c4ccc5ccccc5c4C3(C)C)=C(Cl)C(=C/C=C3/N(C)c4ccc5ccccc5c4C3(C)C)/C2)cc1. The molecule has 2 aliphatic heterocycles. The number of halogens is 1. The molecule has 1 aliphatic carbocycles. The van der Waals surface area contributed by atoms with Crippen LogP contribution in [0, 0.1) is 0 Å². The second-order valence-electron chi connectivity index (χ2n) is 19.6. The summed E-state index contributed by atoms with van der Waals surface area (Å²) in [5.74, 6) is 1.39. The second-order valence-corrected chi connectivity index (χ2v) is 23.3. The molecule has 0 bridgehead atoms. The normalized spacial score (nSPS) is 19.5. The van der Waals surface area contributed by atoms with Crippen LogP contribution in [0.4, 0.5) is 11.4 Å². The van der Waals surface area contributed by atoms with Gasteiger partial charge >= 0.3 is 0 Å². The standard InChI is InChI=1S/C62H62ClN2S/c1-8-9-40-66(49-22-12-10-13-23-49,50-24-14-11-15-25-50)51-34-28-43(29-35-51)48-41-46(32-38-56-61(2,3)58-52-26-18-16-20-44(52)30-36-54(58)64(56)6)60(63)47(42-48)33-39-57-62(4,5)59-53-27-19-17-21-45(53)31-37-55(59)65(57)7/h10-39,48H,8-9,40-42H2,1-7H3/q+1. The lowest BCUT2D eigenvalue weighted by Gasteiger charge is -2.42. The summed E-state index contributed by atoms with van der Waals surface area (Å²) in [6, 6.07) is 59.1. The van der Waals surface area contributed by atoms with E-state index in [9.17, 15) is 0 Å². The molecule has 2 heterocycles. The molecule has 66 heavy (non-hydrogen) atoms. The van der Waals surface area contributed by atoms with E-state index in [-0.39, 0.29) is 16.7 Å². The van der Waals surface area contributed by atoms with Crippen molar-refractivity contribution < 1.29 is 4.58 Å². The summed E-state index contributed by atoms with van der Waals surface area (Å²) in [5.41, 5.74) is 11.2. The molecule has 0 saturated heterocycles. The first-order valence-corrected chi connectivity index (χ1v) is 26.0. The van der Waals surface area contributed by atoms with Crippen LogP contribution in [-0.2, 0) is 10.8 Å². The number of hydrogen-bond acceptors (Lipinski definition) is 1. The minimum Gasteiger partial charge on any atom is -0.347 e. The van der Waals surface area contributed by atoms with E-state index in [4.69, 9.17) is 11.6 Å². The average molecular weight is 903 g/mol. The van der Waals surface area contributed by atoms with Crippen LogP contribution < -0.4 is 4.90 Å². The number of benzene rings is 7. The molecule has 0 amide bonds. The third-order valence-electron chi connectivity index (χ3n) is 15.0. The van der Waals surface area contributed by atoms with Crippen molar-refractivity contribution in [3.05, 3.63) is 221 Å². The zero-order valence-corrected chi connectivity index (χ0v) is 41.2. The number of anilines is 1. The molecule has 3 aliphatic rings. The Hall–Kier alpha value is -5.87. The highest BCUT2D eigenvalue weighted by molar-refractivity contribution is 8.33. The van der Waals surface area contributed by atoms with Crippen molar-refractivity contribution in [3.63, 3.8) is 0 Å². The van der Waals surface area contributed by atoms with Gasteiger partial charge in [0.1, 0.15) is 7.05 Å². The van der Waals surface area contributed by atoms with E-state index in [1.165, 1.54) is 93.3 Å². The lowest BCUT2D eigenvalue weighted by atomic mass is 9.78. The highest BCUT2D eigenvalue weighted by Gasteiger charge is 2.44. The Labute approximate surface area is 399 Å². The van der Waals surface area contributed by atoms with Gasteiger partial charge in [-0.2, -0.15) is 14.6 Å². The Morgan fingerprint density at radius 3 is 1.85 bits per heavy atom. The number of allylic oxidation sites excluding steroid dienone is 8. The Kier molecular flexibility index (Phi) is 11.6. The average Bonchev–Trinajstić information content (AvgIpc) is 3.67. The van der Waals surface area contributed by atoms with Crippen LogP contribution in [0.3, 0.4) is 0 Å². The molecule has 0 spiro atoms. The van der Waals surface area contributed by atoms with Gasteiger partial charge in [-0.05, 0) is 158 Å². The van der Waals surface area contributed by atoms with Gasteiger partial charge in [0, 0.05) is 46.6 Å². The van der Waals surface area contributed by atoms with Gasteiger partial charge in [0.15, 0.2) is 5.71 Å². The lowest BCUT2D eigenvalue weighted by molar-refractivity contribution is -0.401. The summed E-state index contributed by atoms with van der Waals surface area (Å²) in [6.45, 7) is 11.8. The monoisotopic (exact) mass is 901 g/mol. The van der Waals surface area contributed by atoms with Gasteiger partial charge in [-0.15, -0.1) is 0 Å². The zero-order chi connectivity index (χ0) is 45.8. The molecule has 1 unspecified atom stereocenters. The van der Waals surface area contributed by atoms with Crippen LogP contribution in [0.1, 0.15) is 82.9 Å². The molecule has 7 aromatic carbocycles. The second kappa shape index (κ2) is 17.4. The van der Waals surface area contributed by atoms with Crippen molar-refractivity contribution in [3.8, 4) is 0 Å². The fourth-order valence-electron chi connectivity index (χ4n) is 11.7. The quantitative estimate of drug-likeness (QED) is 0.124. The third kappa shape index (κ3) is 7.31. The van der Waals surface area contributed by atoms with Crippen LogP contribution >= 0.6 is 21.6 Å². The predicted molar refractivity (Wildman–Crippen MR) is 285 cm³/mol. The molecule has 332 valence electrons. The van der Waals surface area contributed by atoms with E-state index < -0.39 is 10.0 Å². The number of rotatable bonds is 10. The summed E-state index contributed by atoms with van der Waals surface area (Å²) in [4.78, 5) is 6.67.